The van der Waals surface area contributed by atoms with E-state index in [1.54, 1.807) is 12.1 Å². The Morgan fingerprint density at radius 1 is 0.795 bits per heavy atom. The fraction of sp³-hybridized carbons (Fsp3) is 0.536. The molecule has 11 heteroatoms. The van der Waals surface area contributed by atoms with Crippen molar-refractivity contribution in [3.63, 3.8) is 0 Å². The molecule has 4 nitrogen and oxygen atoms in total. The molecule has 2 aromatic carbocycles. The Morgan fingerprint density at radius 3 is 1.92 bits per heavy atom. The summed E-state index contributed by atoms with van der Waals surface area (Å²) in [6.07, 6.45) is -7.03. The number of hydrogen-bond acceptors (Lipinski definition) is 3. The van der Waals surface area contributed by atoms with Crippen molar-refractivity contribution >= 4 is 5.91 Å². The van der Waals surface area contributed by atoms with Gasteiger partial charge >= 0.3 is 12.4 Å². The zero-order valence-corrected chi connectivity index (χ0v) is 21.2. The normalized spacial score (nSPS) is 23.7. The molecule has 39 heavy (non-hydrogen) atoms. The highest BCUT2D eigenvalue weighted by Crippen LogP contribution is 2.38. The topological polar surface area (TPSA) is 26.8 Å². The molecule has 0 spiro atoms. The van der Waals surface area contributed by atoms with Crippen LogP contribution in [0.1, 0.15) is 52.2 Å². The first-order chi connectivity index (χ1) is 18.4. The maximum absolute atomic E-state index is 13.7. The molecule has 3 fully saturated rings. The zero-order valence-electron chi connectivity index (χ0n) is 21.2. The van der Waals surface area contributed by atoms with E-state index in [9.17, 15) is 35.5 Å². The Balaban J connectivity index is 1.38. The lowest BCUT2D eigenvalue weighted by atomic mass is 9.84. The van der Waals surface area contributed by atoms with Gasteiger partial charge in [-0.15, -0.1) is 0 Å². The van der Waals surface area contributed by atoms with Crippen LogP contribution in [0, 0.1) is 11.7 Å². The molecule has 2 atom stereocenters. The Kier molecular flexibility index (Phi) is 7.67. The average molecular weight is 558 g/mol. The maximum Gasteiger partial charge on any atom is 0.416 e. The Morgan fingerprint density at radius 2 is 1.38 bits per heavy atom. The van der Waals surface area contributed by atoms with Gasteiger partial charge in [-0.3, -0.25) is 9.69 Å². The second kappa shape index (κ2) is 10.7. The number of nitrogens with zero attached hydrogens (tertiary/aromatic N) is 3. The van der Waals surface area contributed by atoms with Gasteiger partial charge in [0.1, 0.15) is 5.82 Å². The number of hydrogen-bond donors (Lipinski definition) is 0. The summed E-state index contributed by atoms with van der Waals surface area (Å²) in [5.74, 6) is -0.791. The summed E-state index contributed by atoms with van der Waals surface area (Å²) in [6, 6.07) is 6.91. The van der Waals surface area contributed by atoms with Crippen LogP contribution in [0.15, 0.2) is 42.5 Å². The van der Waals surface area contributed by atoms with Crippen LogP contribution in [0.3, 0.4) is 0 Å². The number of amides is 1. The van der Waals surface area contributed by atoms with Crippen LogP contribution in [0.25, 0.3) is 0 Å². The van der Waals surface area contributed by atoms with Crippen LogP contribution in [0.2, 0.25) is 0 Å². The lowest BCUT2D eigenvalue weighted by molar-refractivity contribution is -0.143. The highest BCUT2D eigenvalue weighted by Gasteiger charge is 2.40. The van der Waals surface area contributed by atoms with Gasteiger partial charge in [-0.2, -0.15) is 26.3 Å². The molecule has 0 N–H and O–H groups in total. The maximum atomic E-state index is 13.7. The predicted molar refractivity (Wildman–Crippen MR) is 131 cm³/mol. The van der Waals surface area contributed by atoms with Crippen molar-refractivity contribution in [1.82, 2.24) is 14.7 Å². The number of carbonyl (C=O) groups is 1. The van der Waals surface area contributed by atoms with Gasteiger partial charge in [-0.1, -0.05) is 12.1 Å². The summed E-state index contributed by atoms with van der Waals surface area (Å²) >= 11 is 0. The third-order valence-corrected chi connectivity index (χ3v) is 8.09. The number of likely N-dealkylation sites (tertiary alicyclic amines) is 1. The van der Waals surface area contributed by atoms with Crippen molar-refractivity contribution in [2.75, 3.05) is 45.8 Å². The highest BCUT2D eigenvalue weighted by molar-refractivity contribution is 5.95. The van der Waals surface area contributed by atoms with Crippen molar-refractivity contribution in [3.8, 4) is 0 Å². The smallest absolute Gasteiger partial charge is 0.338 e. The molecule has 1 amide bonds. The Hall–Kier alpha value is -2.66. The zero-order chi connectivity index (χ0) is 27.9. The fourth-order valence-corrected chi connectivity index (χ4v) is 5.80. The monoisotopic (exact) mass is 557 g/mol. The van der Waals surface area contributed by atoms with Crippen molar-refractivity contribution in [3.05, 3.63) is 70.5 Å². The van der Waals surface area contributed by atoms with E-state index < -0.39 is 40.8 Å². The van der Waals surface area contributed by atoms with Gasteiger partial charge in [-0.05, 0) is 61.1 Å². The Labute approximate surface area is 222 Å². The summed E-state index contributed by atoms with van der Waals surface area (Å²) in [6.45, 7) is 4.87. The van der Waals surface area contributed by atoms with Crippen LogP contribution in [0.4, 0.5) is 30.7 Å². The third-order valence-electron chi connectivity index (χ3n) is 8.09. The van der Waals surface area contributed by atoms with E-state index >= 15 is 0 Å². The van der Waals surface area contributed by atoms with Crippen LogP contribution in [0.5, 0.6) is 0 Å². The molecule has 0 unspecified atom stereocenters. The molecular weight excluding hydrogens is 527 g/mol. The van der Waals surface area contributed by atoms with Gasteiger partial charge in [0.05, 0.1) is 11.1 Å². The molecular formula is C28H30F7N3O. The first kappa shape index (κ1) is 27.9. The fourth-order valence-electron chi connectivity index (χ4n) is 5.80. The molecule has 3 aliphatic rings. The molecule has 2 heterocycles. The van der Waals surface area contributed by atoms with E-state index in [-0.39, 0.29) is 31.1 Å². The molecule has 5 rings (SSSR count). The second-order valence-corrected chi connectivity index (χ2v) is 10.8. The van der Waals surface area contributed by atoms with E-state index in [1.165, 1.54) is 29.9 Å². The van der Waals surface area contributed by atoms with Crippen molar-refractivity contribution < 1.29 is 35.5 Å². The first-order valence-corrected chi connectivity index (χ1v) is 13.2. The summed E-state index contributed by atoms with van der Waals surface area (Å²) in [5, 5.41) is 0. The number of benzene rings is 2. The van der Waals surface area contributed by atoms with E-state index in [1.807, 2.05) is 0 Å². The van der Waals surface area contributed by atoms with Gasteiger partial charge in [-0.25, -0.2) is 4.39 Å². The molecule has 212 valence electrons. The molecule has 2 saturated heterocycles. The number of piperidine rings is 1. The number of rotatable bonds is 5. The number of halogens is 7. The van der Waals surface area contributed by atoms with E-state index in [4.69, 9.17) is 0 Å². The summed E-state index contributed by atoms with van der Waals surface area (Å²) in [5.41, 5.74) is -2.91. The van der Waals surface area contributed by atoms with Gasteiger partial charge in [0.15, 0.2) is 0 Å². The highest BCUT2D eigenvalue weighted by atomic mass is 19.4. The van der Waals surface area contributed by atoms with Crippen molar-refractivity contribution in [2.24, 2.45) is 5.92 Å². The quantitative estimate of drug-likeness (QED) is 0.429. The predicted octanol–water partition coefficient (Wildman–Crippen LogP) is 5.89. The molecule has 2 aromatic rings. The molecule has 0 radical (unpaired) electrons. The largest absolute Gasteiger partial charge is 0.416 e. The van der Waals surface area contributed by atoms with Crippen molar-refractivity contribution in [2.45, 2.75) is 43.6 Å². The molecule has 0 bridgehead atoms. The van der Waals surface area contributed by atoms with Gasteiger partial charge in [0.2, 0.25) is 0 Å². The van der Waals surface area contributed by atoms with E-state index in [2.05, 4.69) is 9.80 Å². The van der Waals surface area contributed by atoms with Gasteiger partial charge in [0, 0.05) is 63.3 Å². The molecule has 1 saturated carbocycles. The minimum absolute atomic E-state index is 0.00910. The van der Waals surface area contributed by atoms with Crippen molar-refractivity contribution in [1.29, 1.82) is 0 Å². The van der Waals surface area contributed by atoms with E-state index in [0.29, 0.717) is 18.6 Å². The van der Waals surface area contributed by atoms with Crippen LogP contribution in [-0.4, -0.2) is 72.5 Å². The minimum Gasteiger partial charge on any atom is -0.338 e. The van der Waals surface area contributed by atoms with E-state index in [0.717, 1.165) is 44.2 Å². The Bertz CT molecular complexity index is 1140. The molecule has 2 aliphatic heterocycles. The van der Waals surface area contributed by atoms with Crippen LogP contribution < -0.4 is 0 Å². The summed E-state index contributed by atoms with van der Waals surface area (Å²) < 4.78 is 94.0. The summed E-state index contributed by atoms with van der Waals surface area (Å²) in [7, 11) is 0. The average Bonchev–Trinajstić information content (AvgIpc) is 3.72. The summed E-state index contributed by atoms with van der Waals surface area (Å²) in [4.78, 5) is 19.5. The number of alkyl halides is 6. The SMILES string of the molecule is O=C(c1cc(C(F)(F)F)cc(C(F)(F)F)c1)N1CC[C@H](N2CCN(CC3CC3)CC2)[C@H](c2ccc(F)cc2)C1. The van der Waals surface area contributed by atoms with Gasteiger partial charge in [0.25, 0.3) is 5.91 Å². The minimum atomic E-state index is -5.04. The number of carbonyl (C=O) groups excluding carboxylic acids is 1. The standard InChI is InChI=1S/C28H30F7N3O/c29-23-5-3-19(4-6-23)24-17-38(8-7-25(24)37-11-9-36(10-12-37)16-18-1-2-18)26(39)20-13-21(27(30,31)32)15-22(14-20)28(33,34)35/h3-6,13-15,18,24-25H,1-2,7-12,16-17H2/t24-,25-/m0/s1. The molecule has 0 aromatic heterocycles. The van der Waals surface area contributed by atoms with Gasteiger partial charge < -0.3 is 9.80 Å². The third kappa shape index (κ3) is 6.57. The first-order valence-electron chi connectivity index (χ1n) is 13.2. The molecule has 1 aliphatic carbocycles. The second-order valence-electron chi connectivity index (χ2n) is 10.8. The number of piperazine rings is 1. The van der Waals surface area contributed by atoms with Crippen LogP contribution in [-0.2, 0) is 12.4 Å². The lowest BCUT2D eigenvalue weighted by Gasteiger charge is -2.47. The van der Waals surface area contributed by atoms with Crippen LogP contribution >= 0.6 is 0 Å². The lowest BCUT2D eigenvalue weighted by Crippen LogP contribution is -2.56.